The molecule has 0 atom stereocenters. The lowest BCUT2D eigenvalue weighted by Crippen LogP contribution is -2.20. The SMILES string of the molecule is Cc1ccc(-c2ccc(OCC(=O)Nc3ncn[nH]3)cc2)cc1. The zero-order chi connectivity index (χ0) is 16.1. The molecular weight excluding hydrogens is 292 g/mol. The van der Waals surface area contributed by atoms with Gasteiger partial charge in [0.1, 0.15) is 12.1 Å². The van der Waals surface area contributed by atoms with Crippen LogP contribution in [0.1, 0.15) is 5.56 Å². The minimum absolute atomic E-state index is 0.0927. The third kappa shape index (κ3) is 3.94. The molecule has 3 rings (SSSR count). The van der Waals surface area contributed by atoms with Crippen LogP contribution >= 0.6 is 0 Å². The summed E-state index contributed by atoms with van der Waals surface area (Å²) in [7, 11) is 0. The summed E-state index contributed by atoms with van der Waals surface area (Å²) in [4.78, 5) is 15.5. The molecule has 1 aromatic heterocycles. The van der Waals surface area contributed by atoms with Crippen LogP contribution in [0, 0.1) is 6.92 Å². The molecule has 0 unspecified atom stereocenters. The van der Waals surface area contributed by atoms with Crippen molar-refractivity contribution < 1.29 is 9.53 Å². The van der Waals surface area contributed by atoms with Crippen LogP contribution in [0.25, 0.3) is 11.1 Å². The van der Waals surface area contributed by atoms with Crippen LogP contribution < -0.4 is 10.1 Å². The van der Waals surface area contributed by atoms with Crippen LogP contribution in [0.15, 0.2) is 54.9 Å². The van der Waals surface area contributed by atoms with Crippen molar-refractivity contribution in [3.05, 3.63) is 60.4 Å². The van der Waals surface area contributed by atoms with Gasteiger partial charge in [0.2, 0.25) is 5.95 Å². The number of nitrogens with one attached hydrogen (secondary N) is 2. The van der Waals surface area contributed by atoms with Gasteiger partial charge in [-0.15, -0.1) is 0 Å². The molecule has 2 N–H and O–H groups in total. The van der Waals surface area contributed by atoms with Crippen molar-refractivity contribution >= 4 is 11.9 Å². The second kappa shape index (κ2) is 6.74. The van der Waals surface area contributed by atoms with Gasteiger partial charge in [0.15, 0.2) is 6.61 Å². The quantitative estimate of drug-likeness (QED) is 0.759. The molecular formula is C17H16N4O2. The maximum absolute atomic E-state index is 11.7. The first-order chi connectivity index (χ1) is 11.2. The summed E-state index contributed by atoms with van der Waals surface area (Å²) in [6.07, 6.45) is 1.32. The molecule has 0 spiro atoms. The fraction of sp³-hybridized carbons (Fsp3) is 0.118. The van der Waals surface area contributed by atoms with E-state index in [1.165, 1.54) is 11.9 Å². The predicted molar refractivity (Wildman–Crippen MR) is 87.1 cm³/mol. The smallest absolute Gasteiger partial charge is 0.264 e. The van der Waals surface area contributed by atoms with Crippen molar-refractivity contribution in [2.45, 2.75) is 6.92 Å². The van der Waals surface area contributed by atoms with E-state index in [0.717, 1.165) is 11.1 Å². The van der Waals surface area contributed by atoms with E-state index in [2.05, 4.69) is 51.7 Å². The van der Waals surface area contributed by atoms with Gasteiger partial charge in [-0.05, 0) is 30.2 Å². The number of aryl methyl sites for hydroxylation is 1. The lowest BCUT2D eigenvalue weighted by molar-refractivity contribution is -0.118. The minimum atomic E-state index is -0.302. The van der Waals surface area contributed by atoms with E-state index in [1.54, 1.807) is 0 Å². The normalized spacial score (nSPS) is 10.3. The van der Waals surface area contributed by atoms with E-state index >= 15 is 0 Å². The monoisotopic (exact) mass is 308 g/mol. The molecule has 0 saturated heterocycles. The minimum Gasteiger partial charge on any atom is -0.484 e. The number of hydrogen-bond donors (Lipinski definition) is 2. The van der Waals surface area contributed by atoms with Gasteiger partial charge in [0.25, 0.3) is 5.91 Å². The highest BCUT2D eigenvalue weighted by atomic mass is 16.5. The van der Waals surface area contributed by atoms with Crippen LogP contribution in [-0.2, 0) is 4.79 Å². The summed E-state index contributed by atoms with van der Waals surface area (Å²) in [5, 5.41) is 8.73. The summed E-state index contributed by atoms with van der Waals surface area (Å²) in [6, 6.07) is 15.9. The summed E-state index contributed by atoms with van der Waals surface area (Å²) in [6.45, 7) is 1.97. The Morgan fingerprint density at radius 3 is 2.35 bits per heavy atom. The standard InChI is InChI=1S/C17H16N4O2/c1-12-2-4-13(5-3-12)14-6-8-15(9-7-14)23-10-16(22)20-17-18-11-19-21-17/h2-9,11H,10H2,1H3,(H2,18,19,20,21,22). The van der Waals surface area contributed by atoms with Crippen molar-refractivity contribution in [3.63, 3.8) is 0 Å². The molecule has 23 heavy (non-hydrogen) atoms. The third-order valence-corrected chi connectivity index (χ3v) is 3.28. The molecule has 0 fully saturated rings. The van der Waals surface area contributed by atoms with Crippen molar-refractivity contribution in [2.75, 3.05) is 11.9 Å². The molecule has 1 amide bonds. The van der Waals surface area contributed by atoms with E-state index < -0.39 is 0 Å². The van der Waals surface area contributed by atoms with Gasteiger partial charge in [-0.2, -0.15) is 10.1 Å². The molecule has 1 heterocycles. The molecule has 2 aromatic carbocycles. The van der Waals surface area contributed by atoms with E-state index in [-0.39, 0.29) is 12.5 Å². The maximum Gasteiger partial charge on any atom is 0.264 e. The van der Waals surface area contributed by atoms with Gasteiger partial charge in [0.05, 0.1) is 0 Å². The van der Waals surface area contributed by atoms with E-state index in [0.29, 0.717) is 11.7 Å². The number of rotatable bonds is 5. The number of nitrogens with zero attached hydrogens (tertiary/aromatic N) is 2. The summed E-state index contributed by atoms with van der Waals surface area (Å²) in [5.41, 5.74) is 3.47. The molecule has 0 bridgehead atoms. The third-order valence-electron chi connectivity index (χ3n) is 3.28. The molecule has 0 aliphatic heterocycles. The first kappa shape index (κ1) is 14.8. The van der Waals surface area contributed by atoms with Gasteiger partial charge < -0.3 is 4.74 Å². The van der Waals surface area contributed by atoms with E-state index in [4.69, 9.17) is 4.74 Å². The van der Waals surface area contributed by atoms with Gasteiger partial charge in [-0.25, -0.2) is 5.10 Å². The Morgan fingerprint density at radius 1 is 1.09 bits per heavy atom. The summed E-state index contributed by atoms with van der Waals surface area (Å²) in [5.74, 6) is 0.631. The van der Waals surface area contributed by atoms with Crippen molar-refractivity contribution in [3.8, 4) is 16.9 Å². The Kier molecular flexibility index (Phi) is 4.33. The van der Waals surface area contributed by atoms with Gasteiger partial charge in [0, 0.05) is 0 Å². The van der Waals surface area contributed by atoms with Gasteiger partial charge >= 0.3 is 0 Å². The van der Waals surface area contributed by atoms with E-state index in [9.17, 15) is 4.79 Å². The molecule has 6 heteroatoms. The number of amides is 1. The summed E-state index contributed by atoms with van der Waals surface area (Å²) < 4.78 is 5.45. The number of ether oxygens (including phenoxy) is 1. The van der Waals surface area contributed by atoms with Crippen molar-refractivity contribution in [1.29, 1.82) is 0 Å². The van der Waals surface area contributed by atoms with Gasteiger partial charge in [-0.3, -0.25) is 10.1 Å². The Balaban J connectivity index is 1.57. The fourth-order valence-corrected chi connectivity index (χ4v) is 2.07. The average Bonchev–Trinajstić information content (AvgIpc) is 3.07. The second-order valence-corrected chi connectivity index (χ2v) is 5.06. The number of carbonyl (C=O) groups is 1. The average molecular weight is 308 g/mol. The van der Waals surface area contributed by atoms with Crippen LogP contribution in [-0.4, -0.2) is 27.7 Å². The first-order valence-electron chi connectivity index (χ1n) is 7.16. The molecule has 0 aliphatic rings. The number of H-pyrrole nitrogens is 1. The van der Waals surface area contributed by atoms with Crippen molar-refractivity contribution in [2.24, 2.45) is 0 Å². The van der Waals surface area contributed by atoms with Crippen LogP contribution in [0.5, 0.6) is 5.75 Å². The lowest BCUT2D eigenvalue weighted by Gasteiger charge is -2.07. The molecule has 0 saturated carbocycles. The first-order valence-corrected chi connectivity index (χ1v) is 7.16. The Morgan fingerprint density at radius 2 is 1.74 bits per heavy atom. The zero-order valence-electron chi connectivity index (χ0n) is 12.6. The molecule has 0 radical (unpaired) electrons. The highest BCUT2D eigenvalue weighted by Gasteiger charge is 2.05. The highest BCUT2D eigenvalue weighted by Crippen LogP contribution is 2.22. The number of aromatic amines is 1. The molecule has 6 nitrogen and oxygen atoms in total. The predicted octanol–water partition coefficient (Wildman–Crippen LogP) is 2.80. The number of hydrogen-bond acceptors (Lipinski definition) is 4. The van der Waals surface area contributed by atoms with Crippen LogP contribution in [0.4, 0.5) is 5.95 Å². The Hall–Kier alpha value is -3.15. The topological polar surface area (TPSA) is 79.9 Å². The molecule has 3 aromatic rings. The number of benzene rings is 2. The number of aromatic nitrogens is 3. The Bertz CT molecular complexity index is 765. The van der Waals surface area contributed by atoms with Crippen LogP contribution in [0.3, 0.4) is 0 Å². The van der Waals surface area contributed by atoms with Gasteiger partial charge in [-0.1, -0.05) is 42.0 Å². The molecule has 0 aliphatic carbocycles. The lowest BCUT2D eigenvalue weighted by atomic mass is 10.0. The molecule has 116 valence electrons. The van der Waals surface area contributed by atoms with Crippen LogP contribution in [0.2, 0.25) is 0 Å². The number of anilines is 1. The largest absolute Gasteiger partial charge is 0.484 e. The Labute approximate surface area is 133 Å². The number of carbonyl (C=O) groups excluding carboxylic acids is 1. The maximum atomic E-state index is 11.7. The summed E-state index contributed by atoms with van der Waals surface area (Å²) >= 11 is 0. The second-order valence-electron chi connectivity index (χ2n) is 5.06. The fourth-order valence-electron chi connectivity index (χ4n) is 2.07. The highest BCUT2D eigenvalue weighted by molar-refractivity contribution is 5.90. The van der Waals surface area contributed by atoms with E-state index in [1.807, 2.05) is 24.3 Å². The zero-order valence-corrected chi connectivity index (χ0v) is 12.6. The van der Waals surface area contributed by atoms with Crippen molar-refractivity contribution in [1.82, 2.24) is 15.2 Å².